The SMILES string of the molecule is COc1ccccc1N1CCN(C(=O)Nc2ccc(C)c(Cl)c2)CC1. The number of aryl methyl sites for hydroxylation is 1. The van der Waals surface area contributed by atoms with Crippen LogP contribution in [0.25, 0.3) is 0 Å². The van der Waals surface area contributed by atoms with E-state index in [0.29, 0.717) is 23.8 Å². The number of benzene rings is 2. The minimum absolute atomic E-state index is 0.0976. The van der Waals surface area contributed by atoms with Gasteiger partial charge in [0.05, 0.1) is 12.8 Å². The maximum atomic E-state index is 12.5. The van der Waals surface area contributed by atoms with E-state index in [9.17, 15) is 4.79 Å². The molecule has 1 aliphatic rings. The van der Waals surface area contributed by atoms with Crippen LogP contribution < -0.4 is 15.0 Å². The third-order valence-electron chi connectivity index (χ3n) is 4.42. The van der Waals surface area contributed by atoms with Crippen LogP contribution >= 0.6 is 11.6 Å². The molecule has 0 radical (unpaired) electrons. The van der Waals surface area contributed by atoms with Gasteiger partial charge in [-0.25, -0.2) is 4.79 Å². The molecule has 5 nitrogen and oxygen atoms in total. The Morgan fingerprint density at radius 2 is 1.84 bits per heavy atom. The molecule has 2 amide bonds. The standard InChI is InChI=1S/C19H22ClN3O2/c1-14-7-8-15(13-16(14)20)21-19(24)23-11-9-22(10-12-23)17-5-3-4-6-18(17)25-2/h3-8,13H,9-12H2,1-2H3,(H,21,24). The molecular weight excluding hydrogens is 338 g/mol. The molecule has 1 fully saturated rings. The number of para-hydroxylation sites is 2. The Hall–Kier alpha value is -2.40. The summed E-state index contributed by atoms with van der Waals surface area (Å²) in [5, 5.41) is 3.57. The van der Waals surface area contributed by atoms with Crippen molar-refractivity contribution in [3.63, 3.8) is 0 Å². The van der Waals surface area contributed by atoms with Crippen molar-refractivity contribution in [3.8, 4) is 5.75 Å². The van der Waals surface area contributed by atoms with E-state index < -0.39 is 0 Å². The van der Waals surface area contributed by atoms with Crippen molar-refractivity contribution in [3.05, 3.63) is 53.1 Å². The normalized spacial score (nSPS) is 14.4. The zero-order chi connectivity index (χ0) is 17.8. The van der Waals surface area contributed by atoms with Gasteiger partial charge in [-0.15, -0.1) is 0 Å². The van der Waals surface area contributed by atoms with Crippen LogP contribution in [0.4, 0.5) is 16.2 Å². The minimum Gasteiger partial charge on any atom is -0.495 e. The average Bonchev–Trinajstić information content (AvgIpc) is 2.65. The van der Waals surface area contributed by atoms with Gasteiger partial charge in [-0.05, 0) is 36.8 Å². The third-order valence-corrected chi connectivity index (χ3v) is 4.82. The smallest absolute Gasteiger partial charge is 0.321 e. The summed E-state index contributed by atoms with van der Waals surface area (Å²) in [6, 6.07) is 13.4. The molecule has 1 heterocycles. The number of piperazine rings is 1. The molecule has 0 aromatic heterocycles. The summed E-state index contributed by atoms with van der Waals surface area (Å²) in [5.41, 5.74) is 2.77. The summed E-state index contributed by atoms with van der Waals surface area (Å²) < 4.78 is 5.43. The van der Waals surface area contributed by atoms with Gasteiger partial charge in [0.25, 0.3) is 0 Å². The van der Waals surface area contributed by atoms with E-state index in [4.69, 9.17) is 16.3 Å². The number of anilines is 2. The van der Waals surface area contributed by atoms with Gasteiger partial charge in [0.2, 0.25) is 0 Å². The first-order valence-corrected chi connectivity index (χ1v) is 8.66. The molecule has 0 unspecified atom stereocenters. The fourth-order valence-electron chi connectivity index (χ4n) is 2.91. The Labute approximate surface area is 153 Å². The molecule has 1 N–H and O–H groups in total. The van der Waals surface area contributed by atoms with Crippen LogP contribution in [-0.2, 0) is 0 Å². The summed E-state index contributed by atoms with van der Waals surface area (Å²) in [5.74, 6) is 0.856. The molecule has 0 aliphatic carbocycles. The second-order valence-corrected chi connectivity index (χ2v) is 6.45. The van der Waals surface area contributed by atoms with Crippen LogP contribution in [0.5, 0.6) is 5.75 Å². The van der Waals surface area contributed by atoms with Gasteiger partial charge in [-0.1, -0.05) is 29.8 Å². The molecule has 1 saturated heterocycles. The number of urea groups is 1. The highest BCUT2D eigenvalue weighted by Crippen LogP contribution is 2.28. The third kappa shape index (κ3) is 3.99. The largest absolute Gasteiger partial charge is 0.495 e. The van der Waals surface area contributed by atoms with Gasteiger partial charge in [-0.3, -0.25) is 0 Å². The fourth-order valence-corrected chi connectivity index (χ4v) is 3.10. The van der Waals surface area contributed by atoms with Gasteiger partial charge in [0.15, 0.2) is 0 Å². The summed E-state index contributed by atoms with van der Waals surface area (Å²) in [4.78, 5) is 16.5. The van der Waals surface area contributed by atoms with Gasteiger partial charge in [-0.2, -0.15) is 0 Å². The van der Waals surface area contributed by atoms with Crippen molar-refractivity contribution in [2.45, 2.75) is 6.92 Å². The van der Waals surface area contributed by atoms with Gasteiger partial charge in [0.1, 0.15) is 5.75 Å². The number of carbonyl (C=O) groups is 1. The highest BCUT2D eigenvalue weighted by atomic mass is 35.5. The predicted molar refractivity (Wildman–Crippen MR) is 102 cm³/mol. The number of hydrogen-bond acceptors (Lipinski definition) is 3. The van der Waals surface area contributed by atoms with E-state index in [1.54, 1.807) is 13.2 Å². The number of ether oxygens (including phenoxy) is 1. The molecule has 2 aromatic carbocycles. The summed E-state index contributed by atoms with van der Waals surface area (Å²) in [7, 11) is 1.68. The first kappa shape index (κ1) is 17.4. The van der Waals surface area contributed by atoms with Crippen LogP contribution in [0.1, 0.15) is 5.56 Å². The lowest BCUT2D eigenvalue weighted by Gasteiger charge is -2.36. The number of amides is 2. The van der Waals surface area contributed by atoms with Crippen LogP contribution in [0.15, 0.2) is 42.5 Å². The van der Waals surface area contributed by atoms with Gasteiger partial charge >= 0.3 is 6.03 Å². The van der Waals surface area contributed by atoms with Crippen molar-refractivity contribution in [1.29, 1.82) is 0 Å². The number of halogens is 1. The number of hydrogen-bond donors (Lipinski definition) is 1. The van der Waals surface area contributed by atoms with Crippen molar-refractivity contribution in [1.82, 2.24) is 4.90 Å². The van der Waals surface area contributed by atoms with Crippen molar-refractivity contribution < 1.29 is 9.53 Å². The van der Waals surface area contributed by atoms with E-state index in [1.165, 1.54) is 0 Å². The number of methoxy groups -OCH3 is 1. The van der Waals surface area contributed by atoms with Crippen LogP contribution in [0.2, 0.25) is 5.02 Å². The number of nitrogens with one attached hydrogen (secondary N) is 1. The molecule has 3 rings (SSSR count). The summed E-state index contributed by atoms with van der Waals surface area (Å²) in [6.45, 7) is 4.78. The van der Waals surface area contributed by atoms with E-state index in [-0.39, 0.29) is 6.03 Å². The molecule has 0 bridgehead atoms. The zero-order valence-corrected chi connectivity index (χ0v) is 15.2. The second-order valence-electron chi connectivity index (χ2n) is 6.04. The Balaban J connectivity index is 1.60. The average molecular weight is 360 g/mol. The topological polar surface area (TPSA) is 44.8 Å². The van der Waals surface area contributed by atoms with Crippen molar-refractivity contribution >= 4 is 29.0 Å². The van der Waals surface area contributed by atoms with Crippen LogP contribution in [0, 0.1) is 6.92 Å². The van der Waals surface area contributed by atoms with E-state index in [0.717, 1.165) is 30.1 Å². The highest BCUT2D eigenvalue weighted by molar-refractivity contribution is 6.31. The molecule has 132 valence electrons. The Bertz CT molecular complexity index is 758. The summed E-state index contributed by atoms with van der Waals surface area (Å²) >= 11 is 6.12. The molecule has 25 heavy (non-hydrogen) atoms. The zero-order valence-electron chi connectivity index (χ0n) is 14.5. The molecule has 6 heteroatoms. The maximum Gasteiger partial charge on any atom is 0.321 e. The van der Waals surface area contributed by atoms with Crippen LogP contribution in [-0.4, -0.2) is 44.2 Å². The minimum atomic E-state index is -0.0976. The Morgan fingerprint density at radius 3 is 2.52 bits per heavy atom. The first-order chi connectivity index (χ1) is 12.1. The van der Waals surface area contributed by atoms with Gasteiger partial charge in [0, 0.05) is 36.9 Å². The number of rotatable bonds is 3. The highest BCUT2D eigenvalue weighted by Gasteiger charge is 2.22. The predicted octanol–water partition coefficient (Wildman–Crippen LogP) is 4.01. The molecular formula is C19H22ClN3O2. The molecule has 0 atom stereocenters. The van der Waals surface area contributed by atoms with E-state index in [2.05, 4.69) is 10.2 Å². The van der Waals surface area contributed by atoms with E-state index >= 15 is 0 Å². The maximum absolute atomic E-state index is 12.5. The molecule has 0 spiro atoms. The summed E-state index contributed by atoms with van der Waals surface area (Å²) in [6.07, 6.45) is 0. The quantitative estimate of drug-likeness (QED) is 0.900. The lowest BCUT2D eigenvalue weighted by Crippen LogP contribution is -2.50. The van der Waals surface area contributed by atoms with E-state index in [1.807, 2.05) is 48.2 Å². The lowest BCUT2D eigenvalue weighted by atomic mass is 10.2. The fraction of sp³-hybridized carbons (Fsp3) is 0.316. The number of nitrogens with zero attached hydrogens (tertiary/aromatic N) is 2. The molecule has 0 saturated carbocycles. The Kier molecular flexibility index (Phi) is 5.34. The molecule has 2 aromatic rings. The Morgan fingerprint density at radius 1 is 1.12 bits per heavy atom. The monoisotopic (exact) mass is 359 g/mol. The lowest BCUT2D eigenvalue weighted by molar-refractivity contribution is 0.208. The van der Waals surface area contributed by atoms with Crippen molar-refractivity contribution in [2.24, 2.45) is 0 Å². The molecule has 1 aliphatic heterocycles. The first-order valence-electron chi connectivity index (χ1n) is 8.28. The van der Waals surface area contributed by atoms with Crippen LogP contribution in [0.3, 0.4) is 0 Å². The number of carbonyl (C=O) groups excluding carboxylic acids is 1. The van der Waals surface area contributed by atoms with Gasteiger partial charge < -0.3 is 19.9 Å². The second kappa shape index (κ2) is 7.66. The van der Waals surface area contributed by atoms with Crippen molar-refractivity contribution in [2.75, 3.05) is 43.5 Å².